The molecule has 0 spiro atoms. The first-order chi connectivity index (χ1) is 13.5. The van der Waals surface area contributed by atoms with Crippen molar-refractivity contribution in [3.63, 3.8) is 0 Å². The summed E-state index contributed by atoms with van der Waals surface area (Å²) in [6.45, 7) is 0.393. The van der Waals surface area contributed by atoms with Crippen molar-refractivity contribution in [1.29, 1.82) is 0 Å². The summed E-state index contributed by atoms with van der Waals surface area (Å²) in [7, 11) is 1.67. The molecule has 0 radical (unpaired) electrons. The second-order valence-electron chi connectivity index (χ2n) is 6.72. The summed E-state index contributed by atoms with van der Waals surface area (Å²) in [5.74, 6) is -0.696. The molecule has 0 aliphatic carbocycles. The molecule has 4 atom stereocenters. The first-order valence-corrected chi connectivity index (χ1v) is 8.94. The van der Waals surface area contributed by atoms with Crippen LogP contribution in [-0.4, -0.2) is 70.1 Å². The number of ether oxygens (including phenoxy) is 1. The fourth-order valence-corrected chi connectivity index (χ4v) is 3.05. The lowest BCUT2D eigenvalue weighted by Gasteiger charge is -2.21. The zero-order valence-electron chi connectivity index (χ0n) is 15.4. The number of hydrogen-bond donors (Lipinski definition) is 3. The van der Waals surface area contributed by atoms with Gasteiger partial charge in [0.25, 0.3) is 5.91 Å². The normalized spacial score (nSPS) is 24.1. The molecule has 1 fully saturated rings. The topological polar surface area (TPSA) is 125 Å². The van der Waals surface area contributed by atoms with Crippen LogP contribution in [0.3, 0.4) is 0 Å². The van der Waals surface area contributed by atoms with Gasteiger partial charge in [-0.15, -0.1) is 0 Å². The summed E-state index contributed by atoms with van der Waals surface area (Å²) in [6.07, 6.45) is -2.86. The van der Waals surface area contributed by atoms with E-state index in [9.17, 15) is 19.8 Å². The molecule has 9 heteroatoms. The molecule has 1 aliphatic rings. The third-order valence-electron chi connectivity index (χ3n) is 4.65. The molecule has 0 bridgehead atoms. The molecule has 1 saturated heterocycles. The summed E-state index contributed by atoms with van der Waals surface area (Å²) in [5.41, 5.74) is 0.985. The summed E-state index contributed by atoms with van der Waals surface area (Å²) in [4.78, 5) is 25.9. The van der Waals surface area contributed by atoms with Gasteiger partial charge in [-0.1, -0.05) is 35.5 Å². The minimum Gasteiger partial charge on any atom is -0.388 e. The number of carbonyl (C=O) groups excluding carboxylic acids is 2. The Morgan fingerprint density at radius 3 is 2.54 bits per heavy atom. The van der Waals surface area contributed by atoms with E-state index in [1.807, 2.05) is 30.3 Å². The highest BCUT2D eigenvalue weighted by Gasteiger charge is 2.43. The van der Waals surface area contributed by atoms with Crippen molar-refractivity contribution in [3.8, 4) is 0 Å². The van der Waals surface area contributed by atoms with Crippen LogP contribution in [0.5, 0.6) is 0 Å². The van der Waals surface area contributed by atoms with Gasteiger partial charge in [0.15, 0.2) is 0 Å². The Bertz CT molecular complexity index is 782. The van der Waals surface area contributed by atoms with Gasteiger partial charge in [-0.2, -0.15) is 0 Å². The second-order valence-corrected chi connectivity index (χ2v) is 6.72. The molecule has 28 heavy (non-hydrogen) atoms. The zero-order valence-corrected chi connectivity index (χ0v) is 15.4. The first kappa shape index (κ1) is 20.0. The van der Waals surface area contributed by atoms with E-state index in [-0.39, 0.29) is 24.6 Å². The van der Waals surface area contributed by atoms with Gasteiger partial charge in [-0.05, 0) is 5.56 Å². The van der Waals surface area contributed by atoms with E-state index in [1.165, 1.54) is 17.2 Å². The standard InChI is InChI=1S/C19H23N3O6/c1-22(11-12-5-3-2-4-6-12)16(23)9-14-17(24)18(25)15(27-14)10-20-19(26)13-7-8-21-28-13/h2-8,14-15,17-18,24-25H,9-11H2,1H3,(H,20,26)/t14-,15+,17+,18+/m0/s1. The smallest absolute Gasteiger partial charge is 0.289 e. The molecule has 1 aliphatic heterocycles. The van der Waals surface area contributed by atoms with Crippen molar-refractivity contribution < 1.29 is 29.1 Å². The molecule has 150 valence electrons. The Morgan fingerprint density at radius 2 is 1.86 bits per heavy atom. The second kappa shape index (κ2) is 8.96. The summed E-state index contributed by atoms with van der Waals surface area (Å²) >= 11 is 0. The molecular weight excluding hydrogens is 366 g/mol. The summed E-state index contributed by atoms with van der Waals surface area (Å²) in [6, 6.07) is 10.9. The Morgan fingerprint density at radius 1 is 1.14 bits per heavy atom. The number of hydrogen-bond acceptors (Lipinski definition) is 7. The van der Waals surface area contributed by atoms with E-state index < -0.39 is 30.3 Å². The monoisotopic (exact) mass is 389 g/mol. The number of carbonyl (C=O) groups is 2. The Balaban J connectivity index is 1.50. The van der Waals surface area contributed by atoms with Gasteiger partial charge >= 0.3 is 0 Å². The van der Waals surface area contributed by atoms with Crippen molar-refractivity contribution in [2.24, 2.45) is 0 Å². The average molecular weight is 389 g/mol. The van der Waals surface area contributed by atoms with Gasteiger partial charge in [-0.3, -0.25) is 9.59 Å². The molecule has 3 rings (SSSR count). The van der Waals surface area contributed by atoms with Gasteiger partial charge in [0.05, 0.1) is 18.7 Å². The lowest BCUT2D eigenvalue weighted by atomic mass is 10.0. The van der Waals surface area contributed by atoms with E-state index in [2.05, 4.69) is 10.5 Å². The van der Waals surface area contributed by atoms with Crippen LogP contribution in [0, 0.1) is 0 Å². The summed E-state index contributed by atoms with van der Waals surface area (Å²) in [5, 5.41) is 26.4. The van der Waals surface area contributed by atoms with Crippen LogP contribution < -0.4 is 5.32 Å². The van der Waals surface area contributed by atoms with Crippen LogP contribution >= 0.6 is 0 Å². The van der Waals surface area contributed by atoms with Crippen molar-refractivity contribution in [1.82, 2.24) is 15.4 Å². The summed E-state index contributed by atoms with van der Waals surface area (Å²) < 4.78 is 10.4. The Kier molecular flexibility index (Phi) is 6.40. The highest BCUT2D eigenvalue weighted by atomic mass is 16.5. The van der Waals surface area contributed by atoms with Gasteiger partial charge in [0, 0.05) is 26.2 Å². The molecule has 2 heterocycles. The number of aliphatic hydroxyl groups excluding tert-OH is 2. The molecule has 1 aromatic carbocycles. The van der Waals surface area contributed by atoms with Crippen LogP contribution in [0.15, 0.2) is 47.1 Å². The first-order valence-electron chi connectivity index (χ1n) is 8.94. The maximum Gasteiger partial charge on any atom is 0.289 e. The van der Waals surface area contributed by atoms with E-state index in [4.69, 9.17) is 9.26 Å². The molecule has 0 saturated carbocycles. The number of nitrogens with zero attached hydrogens (tertiary/aromatic N) is 2. The van der Waals surface area contributed by atoms with Crippen molar-refractivity contribution in [3.05, 3.63) is 53.9 Å². The molecule has 2 aromatic rings. The average Bonchev–Trinajstić information content (AvgIpc) is 3.32. The van der Waals surface area contributed by atoms with Gasteiger partial charge in [-0.25, -0.2) is 0 Å². The van der Waals surface area contributed by atoms with E-state index in [0.717, 1.165) is 5.56 Å². The van der Waals surface area contributed by atoms with Gasteiger partial charge in [0.2, 0.25) is 11.7 Å². The highest BCUT2D eigenvalue weighted by Crippen LogP contribution is 2.24. The number of aliphatic hydroxyl groups is 2. The molecule has 3 N–H and O–H groups in total. The number of nitrogens with one attached hydrogen (secondary N) is 1. The molecule has 0 unspecified atom stereocenters. The number of rotatable bonds is 7. The predicted octanol–water partition coefficient (Wildman–Crippen LogP) is -0.0577. The molecule has 9 nitrogen and oxygen atoms in total. The van der Waals surface area contributed by atoms with Crippen molar-refractivity contribution in [2.75, 3.05) is 13.6 Å². The third kappa shape index (κ3) is 4.75. The predicted molar refractivity (Wildman–Crippen MR) is 97.0 cm³/mol. The van der Waals surface area contributed by atoms with Crippen LogP contribution in [0.4, 0.5) is 0 Å². The van der Waals surface area contributed by atoms with Gasteiger partial charge in [0.1, 0.15) is 18.3 Å². The molecule has 2 amide bonds. The van der Waals surface area contributed by atoms with Crippen LogP contribution in [0.1, 0.15) is 22.5 Å². The number of amides is 2. The molecule has 1 aromatic heterocycles. The highest BCUT2D eigenvalue weighted by molar-refractivity contribution is 5.91. The van der Waals surface area contributed by atoms with Crippen molar-refractivity contribution in [2.45, 2.75) is 37.4 Å². The lowest BCUT2D eigenvalue weighted by molar-refractivity contribution is -0.134. The number of aromatic nitrogens is 1. The minimum absolute atomic E-state index is 0.0299. The van der Waals surface area contributed by atoms with Gasteiger partial charge < -0.3 is 29.7 Å². The maximum absolute atomic E-state index is 12.4. The largest absolute Gasteiger partial charge is 0.388 e. The van der Waals surface area contributed by atoms with E-state index >= 15 is 0 Å². The Labute approximate surface area is 161 Å². The molecular formula is C19H23N3O6. The quantitative estimate of drug-likeness (QED) is 0.606. The van der Waals surface area contributed by atoms with E-state index in [0.29, 0.717) is 6.54 Å². The Hall–Kier alpha value is -2.75. The fourth-order valence-electron chi connectivity index (χ4n) is 3.05. The van der Waals surface area contributed by atoms with Crippen LogP contribution in [0.25, 0.3) is 0 Å². The maximum atomic E-state index is 12.4. The number of benzene rings is 1. The third-order valence-corrected chi connectivity index (χ3v) is 4.65. The lowest BCUT2D eigenvalue weighted by Crippen LogP contribution is -2.40. The van der Waals surface area contributed by atoms with E-state index in [1.54, 1.807) is 7.05 Å². The van der Waals surface area contributed by atoms with Crippen molar-refractivity contribution >= 4 is 11.8 Å². The fraction of sp³-hybridized carbons (Fsp3) is 0.421. The zero-order chi connectivity index (χ0) is 20.1. The minimum atomic E-state index is -1.22. The van der Waals surface area contributed by atoms with Crippen LogP contribution in [0.2, 0.25) is 0 Å². The van der Waals surface area contributed by atoms with Crippen LogP contribution in [-0.2, 0) is 16.1 Å². The SMILES string of the molecule is CN(Cc1ccccc1)C(=O)C[C@@H]1O[C@H](CNC(=O)c2ccno2)[C@@H](O)[C@@H]1O.